The summed E-state index contributed by atoms with van der Waals surface area (Å²) in [5.41, 5.74) is 1.34. The highest BCUT2D eigenvalue weighted by molar-refractivity contribution is 6.33. The molecule has 0 aliphatic rings. The SMILES string of the molecule is Oc1c(Cl)cc2ccccc2c1Cc1c(O)c(Cl)cc2ccccc12. The van der Waals surface area contributed by atoms with Crippen LogP contribution in [0.1, 0.15) is 11.1 Å². The second-order valence-corrected chi connectivity index (χ2v) is 6.80. The van der Waals surface area contributed by atoms with Crippen LogP contribution in [0, 0.1) is 0 Å². The van der Waals surface area contributed by atoms with E-state index in [9.17, 15) is 10.2 Å². The fourth-order valence-electron chi connectivity index (χ4n) is 3.28. The minimum atomic E-state index is 0.0313. The van der Waals surface area contributed by atoms with Crippen LogP contribution in [0.3, 0.4) is 0 Å². The average Bonchev–Trinajstić information content (AvgIpc) is 2.62. The van der Waals surface area contributed by atoms with E-state index in [4.69, 9.17) is 23.2 Å². The molecule has 0 radical (unpaired) electrons. The first-order valence-corrected chi connectivity index (χ1v) is 8.60. The number of hydrogen-bond acceptors (Lipinski definition) is 2. The van der Waals surface area contributed by atoms with E-state index in [0.29, 0.717) is 27.6 Å². The Balaban J connectivity index is 2.01. The summed E-state index contributed by atoms with van der Waals surface area (Å²) in [5.74, 6) is 0.0626. The molecular weight excluding hydrogens is 355 g/mol. The minimum absolute atomic E-state index is 0.0313. The van der Waals surface area contributed by atoms with E-state index in [2.05, 4.69) is 0 Å². The van der Waals surface area contributed by atoms with Crippen molar-refractivity contribution in [2.45, 2.75) is 6.42 Å². The first-order valence-electron chi connectivity index (χ1n) is 7.84. The molecule has 0 amide bonds. The zero-order valence-electron chi connectivity index (χ0n) is 13.1. The van der Waals surface area contributed by atoms with Gasteiger partial charge in [0.05, 0.1) is 10.0 Å². The van der Waals surface area contributed by atoms with Crippen molar-refractivity contribution in [1.29, 1.82) is 0 Å². The largest absolute Gasteiger partial charge is 0.506 e. The van der Waals surface area contributed by atoms with Crippen molar-refractivity contribution >= 4 is 44.7 Å². The molecule has 4 rings (SSSR count). The number of fused-ring (bicyclic) bond motifs is 2. The summed E-state index contributed by atoms with van der Waals surface area (Å²) >= 11 is 12.4. The van der Waals surface area contributed by atoms with Gasteiger partial charge >= 0.3 is 0 Å². The van der Waals surface area contributed by atoms with Crippen LogP contribution in [-0.4, -0.2) is 10.2 Å². The van der Waals surface area contributed by atoms with E-state index in [-0.39, 0.29) is 11.5 Å². The lowest BCUT2D eigenvalue weighted by molar-refractivity contribution is 0.465. The molecule has 4 heteroatoms. The fraction of sp³-hybridized carbons (Fsp3) is 0.0476. The van der Waals surface area contributed by atoms with Gasteiger partial charge in [0, 0.05) is 17.5 Å². The molecular formula is C21H14Cl2O2. The summed E-state index contributed by atoms with van der Waals surface area (Å²) < 4.78 is 0. The molecule has 0 saturated heterocycles. The molecule has 2 nitrogen and oxygen atoms in total. The monoisotopic (exact) mass is 368 g/mol. The molecule has 0 bridgehead atoms. The number of phenols is 2. The molecule has 2 N–H and O–H groups in total. The Kier molecular flexibility index (Phi) is 3.95. The summed E-state index contributed by atoms with van der Waals surface area (Å²) in [6.07, 6.45) is 0.319. The van der Waals surface area contributed by atoms with Crippen molar-refractivity contribution in [3.05, 3.63) is 81.8 Å². The maximum Gasteiger partial charge on any atom is 0.138 e. The molecule has 0 fully saturated rings. The highest BCUT2D eigenvalue weighted by Gasteiger charge is 2.17. The highest BCUT2D eigenvalue weighted by atomic mass is 35.5. The van der Waals surface area contributed by atoms with E-state index >= 15 is 0 Å². The van der Waals surface area contributed by atoms with Gasteiger partial charge in [-0.1, -0.05) is 71.7 Å². The molecule has 0 unspecified atom stereocenters. The van der Waals surface area contributed by atoms with Crippen molar-refractivity contribution in [2.24, 2.45) is 0 Å². The molecule has 0 atom stereocenters. The number of benzene rings is 4. The molecule has 25 heavy (non-hydrogen) atoms. The van der Waals surface area contributed by atoms with Gasteiger partial charge in [-0.3, -0.25) is 0 Å². The van der Waals surface area contributed by atoms with Gasteiger partial charge < -0.3 is 10.2 Å². The molecule has 0 heterocycles. The van der Waals surface area contributed by atoms with Gasteiger partial charge in [0.25, 0.3) is 0 Å². The van der Waals surface area contributed by atoms with Crippen LogP contribution in [0.4, 0.5) is 0 Å². The van der Waals surface area contributed by atoms with E-state index < -0.39 is 0 Å². The van der Waals surface area contributed by atoms with Crippen LogP contribution in [-0.2, 0) is 6.42 Å². The van der Waals surface area contributed by atoms with Gasteiger partial charge in [-0.2, -0.15) is 0 Å². The van der Waals surface area contributed by atoms with Gasteiger partial charge in [-0.15, -0.1) is 0 Å². The first-order chi connectivity index (χ1) is 12.1. The fourth-order valence-corrected chi connectivity index (χ4v) is 3.75. The predicted molar refractivity (Wildman–Crippen MR) is 104 cm³/mol. The summed E-state index contributed by atoms with van der Waals surface area (Å²) in [7, 11) is 0. The van der Waals surface area contributed by atoms with Crippen molar-refractivity contribution in [2.75, 3.05) is 0 Å². The molecule has 4 aromatic rings. The van der Waals surface area contributed by atoms with Gasteiger partial charge in [-0.05, 0) is 33.7 Å². The maximum atomic E-state index is 10.5. The second-order valence-electron chi connectivity index (χ2n) is 5.99. The smallest absolute Gasteiger partial charge is 0.138 e. The molecule has 0 aromatic heterocycles. The zero-order valence-corrected chi connectivity index (χ0v) is 14.6. The van der Waals surface area contributed by atoms with Gasteiger partial charge in [0.2, 0.25) is 0 Å². The lowest BCUT2D eigenvalue weighted by Crippen LogP contribution is -1.95. The summed E-state index contributed by atoms with van der Waals surface area (Å²) in [6.45, 7) is 0. The number of halogens is 2. The Morgan fingerprint density at radius 1 is 0.640 bits per heavy atom. The van der Waals surface area contributed by atoms with Crippen molar-refractivity contribution in [3.8, 4) is 11.5 Å². The van der Waals surface area contributed by atoms with Crippen molar-refractivity contribution < 1.29 is 10.2 Å². The normalized spacial score (nSPS) is 11.3. The molecule has 0 spiro atoms. The van der Waals surface area contributed by atoms with E-state index in [1.165, 1.54) is 0 Å². The highest BCUT2D eigenvalue weighted by Crippen LogP contribution is 2.41. The van der Waals surface area contributed by atoms with Crippen molar-refractivity contribution in [3.63, 3.8) is 0 Å². The molecule has 4 aromatic carbocycles. The van der Waals surface area contributed by atoms with E-state index in [1.54, 1.807) is 12.1 Å². The topological polar surface area (TPSA) is 40.5 Å². The van der Waals surface area contributed by atoms with E-state index in [1.807, 2.05) is 48.5 Å². The Morgan fingerprint density at radius 2 is 1.04 bits per heavy atom. The number of aromatic hydroxyl groups is 2. The van der Waals surface area contributed by atoms with Crippen molar-refractivity contribution in [1.82, 2.24) is 0 Å². The summed E-state index contributed by atoms with van der Waals surface area (Å²) in [4.78, 5) is 0. The second kappa shape index (κ2) is 6.14. The Bertz CT molecular complexity index is 1030. The standard InChI is InChI=1S/C21H14Cl2O2/c22-18-9-12-5-1-3-7-14(12)16(20(18)24)11-17-15-8-4-2-6-13(15)10-19(23)21(17)25/h1-10,24-25H,11H2. The third-order valence-electron chi connectivity index (χ3n) is 4.51. The van der Waals surface area contributed by atoms with Crippen LogP contribution < -0.4 is 0 Å². The first kappa shape index (κ1) is 16.1. The van der Waals surface area contributed by atoms with Crippen LogP contribution in [0.15, 0.2) is 60.7 Å². The third kappa shape index (κ3) is 2.68. The van der Waals surface area contributed by atoms with Gasteiger partial charge in [-0.25, -0.2) is 0 Å². The lowest BCUT2D eigenvalue weighted by atomic mass is 9.93. The number of rotatable bonds is 2. The van der Waals surface area contributed by atoms with Gasteiger partial charge in [0.1, 0.15) is 11.5 Å². The number of phenolic OH excluding ortho intramolecular Hbond substituents is 2. The molecule has 0 saturated carbocycles. The molecule has 124 valence electrons. The average molecular weight is 369 g/mol. The van der Waals surface area contributed by atoms with Gasteiger partial charge in [0.15, 0.2) is 0 Å². The molecule has 0 aliphatic heterocycles. The van der Waals surface area contributed by atoms with Crippen LogP contribution >= 0.6 is 23.2 Å². The quantitative estimate of drug-likeness (QED) is 0.435. The maximum absolute atomic E-state index is 10.5. The third-order valence-corrected chi connectivity index (χ3v) is 5.09. The van der Waals surface area contributed by atoms with Crippen LogP contribution in [0.2, 0.25) is 10.0 Å². The Morgan fingerprint density at radius 3 is 1.48 bits per heavy atom. The minimum Gasteiger partial charge on any atom is -0.506 e. The molecule has 0 aliphatic carbocycles. The lowest BCUT2D eigenvalue weighted by Gasteiger charge is -2.15. The summed E-state index contributed by atoms with van der Waals surface area (Å²) in [5, 5.41) is 25.3. The number of hydrogen-bond donors (Lipinski definition) is 2. The van der Waals surface area contributed by atoms with E-state index in [0.717, 1.165) is 21.5 Å². The van der Waals surface area contributed by atoms with Crippen LogP contribution in [0.25, 0.3) is 21.5 Å². The Labute approximate surface area is 154 Å². The van der Waals surface area contributed by atoms with Crippen LogP contribution in [0.5, 0.6) is 11.5 Å². The predicted octanol–water partition coefficient (Wildman–Crippen LogP) is 6.30. The Hall–Kier alpha value is -2.42. The zero-order chi connectivity index (χ0) is 17.6. The summed E-state index contributed by atoms with van der Waals surface area (Å²) in [6, 6.07) is 18.9.